The van der Waals surface area contributed by atoms with Gasteiger partial charge in [0.05, 0.1) is 25.4 Å². The zero-order chi connectivity index (χ0) is 20.9. The summed E-state index contributed by atoms with van der Waals surface area (Å²) >= 11 is 0. The van der Waals surface area contributed by atoms with Crippen LogP contribution in [0.5, 0.6) is 5.75 Å². The van der Waals surface area contributed by atoms with Gasteiger partial charge < -0.3 is 24.1 Å². The Bertz CT molecular complexity index is 592. The number of rotatable bonds is 13. The molecule has 1 atom stereocenters. The van der Waals surface area contributed by atoms with Gasteiger partial charge in [0.1, 0.15) is 5.75 Å². The second kappa shape index (κ2) is 13.4. The van der Waals surface area contributed by atoms with E-state index in [1.807, 2.05) is 24.3 Å². The van der Waals surface area contributed by atoms with Gasteiger partial charge in [0, 0.05) is 18.7 Å². The molecule has 1 aliphatic carbocycles. The summed E-state index contributed by atoms with van der Waals surface area (Å²) in [6, 6.07) is 7.40. The van der Waals surface area contributed by atoms with E-state index in [0.29, 0.717) is 19.3 Å². The summed E-state index contributed by atoms with van der Waals surface area (Å²) in [5.41, 5.74) is 0.736. The average Bonchev–Trinajstić information content (AvgIpc) is 2.76. The quantitative estimate of drug-likeness (QED) is 0.228. The summed E-state index contributed by atoms with van der Waals surface area (Å²) in [5, 5.41) is 10.3. The fourth-order valence-electron chi connectivity index (χ4n) is 3.37. The van der Waals surface area contributed by atoms with Crippen LogP contribution in [0.1, 0.15) is 63.2 Å². The topological polar surface area (TPSA) is 74.2 Å². The maximum absolute atomic E-state index is 10.9. The largest absolute Gasteiger partial charge is 0.494 e. The van der Waals surface area contributed by atoms with E-state index >= 15 is 0 Å². The normalized spacial score (nSPS) is 20.1. The first-order valence-electron chi connectivity index (χ1n) is 10.5. The van der Waals surface area contributed by atoms with Crippen molar-refractivity contribution in [1.82, 2.24) is 0 Å². The third kappa shape index (κ3) is 8.98. The molecule has 0 bridgehead atoms. The van der Waals surface area contributed by atoms with E-state index in [-0.39, 0.29) is 12.1 Å². The van der Waals surface area contributed by atoms with Gasteiger partial charge in [-0.05, 0) is 63.5 Å². The molecule has 0 aromatic heterocycles. The fraction of sp³-hybridized carbons (Fsp3) is 0.609. The predicted molar refractivity (Wildman–Crippen MR) is 111 cm³/mol. The maximum Gasteiger partial charge on any atom is 0.330 e. The minimum absolute atomic E-state index is 0.0765. The molecule has 1 fully saturated rings. The van der Waals surface area contributed by atoms with Gasteiger partial charge in [0.2, 0.25) is 0 Å². The first kappa shape index (κ1) is 23.4. The summed E-state index contributed by atoms with van der Waals surface area (Å²) in [7, 11) is 1.74. The molecular weight excluding hydrogens is 372 g/mol. The van der Waals surface area contributed by atoms with Crippen LogP contribution in [0.4, 0.5) is 0 Å². The Kier molecular flexibility index (Phi) is 10.8. The van der Waals surface area contributed by atoms with E-state index in [1.54, 1.807) is 7.11 Å². The Labute approximate surface area is 173 Å². The summed E-state index contributed by atoms with van der Waals surface area (Å²) in [4.78, 5) is 10.9. The molecule has 1 aliphatic rings. The second-order valence-corrected chi connectivity index (χ2v) is 7.33. The van der Waals surface area contributed by atoms with Gasteiger partial charge in [0.25, 0.3) is 0 Å². The van der Waals surface area contributed by atoms with Gasteiger partial charge in [0.15, 0.2) is 6.29 Å². The van der Waals surface area contributed by atoms with Crippen molar-refractivity contribution in [2.75, 3.05) is 20.3 Å². The molecule has 6 heteroatoms. The highest BCUT2D eigenvalue weighted by Gasteiger charge is 2.23. The highest BCUT2D eigenvalue weighted by Crippen LogP contribution is 2.27. The van der Waals surface area contributed by atoms with Crippen LogP contribution in [-0.4, -0.2) is 43.6 Å². The third-order valence-electron chi connectivity index (χ3n) is 5.16. The van der Waals surface area contributed by atoms with E-state index in [4.69, 9.17) is 18.9 Å². The first-order valence-corrected chi connectivity index (χ1v) is 10.5. The smallest absolute Gasteiger partial charge is 0.330 e. The Morgan fingerprint density at radius 2 is 1.69 bits per heavy atom. The summed E-state index contributed by atoms with van der Waals surface area (Å²) in [5.74, 6) is 0.409. The Balaban J connectivity index is 1.58. The number of ether oxygens (including phenoxy) is 4. The van der Waals surface area contributed by atoms with Crippen LogP contribution < -0.4 is 4.74 Å². The molecule has 0 saturated heterocycles. The molecule has 1 aromatic carbocycles. The monoisotopic (exact) mass is 406 g/mol. The molecule has 162 valence electrons. The summed E-state index contributed by atoms with van der Waals surface area (Å²) in [6.45, 7) is 4.43. The molecule has 0 spiro atoms. The zero-order valence-electron chi connectivity index (χ0n) is 17.4. The van der Waals surface area contributed by atoms with Crippen molar-refractivity contribution in [2.45, 2.75) is 69.9 Å². The van der Waals surface area contributed by atoms with Crippen molar-refractivity contribution in [3.63, 3.8) is 0 Å². The lowest BCUT2D eigenvalue weighted by Gasteiger charge is -2.29. The lowest BCUT2D eigenvalue weighted by molar-refractivity contribution is -0.154. The van der Waals surface area contributed by atoms with Crippen LogP contribution in [0.15, 0.2) is 36.9 Å². The van der Waals surface area contributed by atoms with Gasteiger partial charge >= 0.3 is 5.97 Å². The zero-order valence-corrected chi connectivity index (χ0v) is 17.4. The highest BCUT2D eigenvalue weighted by atomic mass is 16.6. The highest BCUT2D eigenvalue weighted by molar-refractivity contribution is 5.81. The molecule has 0 radical (unpaired) electrons. The lowest BCUT2D eigenvalue weighted by Crippen LogP contribution is -2.27. The average molecular weight is 407 g/mol. The molecule has 2 rings (SSSR count). The number of hydrogen-bond donors (Lipinski definition) is 1. The van der Waals surface area contributed by atoms with Gasteiger partial charge in [-0.1, -0.05) is 18.7 Å². The van der Waals surface area contributed by atoms with E-state index in [1.165, 1.54) is 6.08 Å². The molecule has 0 heterocycles. The van der Waals surface area contributed by atoms with Gasteiger partial charge in [-0.3, -0.25) is 0 Å². The molecule has 0 amide bonds. The standard InChI is InChI=1S/C23H34O6/c1-3-22(24)28-17-7-5-4-6-16-27-20-10-8-18(9-11-20)23(25)29-21-14-12-19(26-2)13-15-21/h3,8-11,19,21,23,25H,1,4-7,12-17H2,2H3. The van der Waals surface area contributed by atoms with Gasteiger partial charge in [-0.15, -0.1) is 0 Å². The number of hydrogen-bond acceptors (Lipinski definition) is 6. The van der Waals surface area contributed by atoms with E-state index < -0.39 is 6.29 Å². The number of benzene rings is 1. The Morgan fingerprint density at radius 3 is 2.31 bits per heavy atom. The van der Waals surface area contributed by atoms with Crippen LogP contribution in [0.3, 0.4) is 0 Å². The van der Waals surface area contributed by atoms with Crippen LogP contribution in [-0.2, 0) is 19.0 Å². The van der Waals surface area contributed by atoms with Crippen molar-refractivity contribution in [3.8, 4) is 5.75 Å². The minimum Gasteiger partial charge on any atom is -0.494 e. The van der Waals surface area contributed by atoms with Crippen molar-refractivity contribution in [2.24, 2.45) is 0 Å². The SMILES string of the molecule is C=CC(=O)OCCCCCCOc1ccc(C(O)OC2CCC(OC)CC2)cc1. The van der Waals surface area contributed by atoms with Crippen LogP contribution in [0, 0.1) is 0 Å². The van der Waals surface area contributed by atoms with Crippen molar-refractivity contribution < 1.29 is 28.8 Å². The molecule has 1 unspecified atom stereocenters. The predicted octanol–water partition coefficient (Wildman–Crippen LogP) is 4.32. The third-order valence-corrected chi connectivity index (χ3v) is 5.16. The lowest BCUT2D eigenvalue weighted by atomic mass is 9.95. The van der Waals surface area contributed by atoms with E-state index in [2.05, 4.69) is 6.58 Å². The van der Waals surface area contributed by atoms with Crippen LogP contribution in [0.25, 0.3) is 0 Å². The number of methoxy groups -OCH3 is 1. The second-order valence-electron chi connectivity index (χ2n) is 7.33. The van der Waals surface area contributed by atoms with E-state index in [0.717, 1.165) is 62.7 Å². The molecule has 29 heavy (non-hydrogen) atoms. The number of aliphatic hydroxyl groups is 1. The molecule has 1 saturated carbocycles. The summed E-state index contributed by atoms with van der Waals surface area (Å²) < 4.78 is 21.8. The van der Waals surface area contributed by atoms with Crippen molar-refractivity contribution in [1.29, 1.82) is 0 Å². The number of esters is 1. The van der Waals surface area contributed by atoms with Crippen LogP contribution >= 0.6 is 0 Å². The van der Waals surface area contributed by atoms with E-state index in [9.17, 15) is 9.90 Å². The number of aliphatic hydroxyl groups excluding tert-OH is 1. The van der Waals surface area contributed by atoms with Gasteiger partial charge in [-0.25, -0.2) is 4.79 Å². The Hall–Kier alpha value is -1.89. The molecule has 1 N–H and O–H groups in total. The molecule has 1 aromatic rings. The molecule has 6 nitrogen and oxygen atoms in total. The van der Waals surface area contributed by atoms with Crippen molar-refractivity contribution >= 4 is 5.97 Å². The Morgan fingerprint density at radius 1 is 1.07 bits per heavy atom. The molecular formula is C23H34O6. The maximum atomic E-state index is 10.9. The number of carbonyl (C=O) groups is 1. The molecule has 0 aliphatic heterocycles. The summed E-state index contributed by atoms with van der Waals surface area (Å²) in [6.07, 6.45) is 8.21. The fourth-order valence-corrected chi connectivity index (χ4v) is 3.37. The van der Waals surface area contributed by atoms with Gasteiger partial charge in [-0.2, -0.15) is 0 Å². The first-order chi connectivity index (χ1) is 14.1. The van der Waals surface area contributed by atoms with Crippen molar-refractivity contribution in [3.05, 3.63) is 42.5 Å². The minimum atomic E-state index is -0.914. The van der Waals surface area contributed by atoms with Crippen LogP contribution in [0.2, 0.25) is 0 Å². The number of unbranched alkanes of at least 4 members (excludes halogenated alkanes) is 3. The number of carbonyl (C=O) groups excluding carboxylic acids is 1.